The number of fused-ring (bicyclic) bond motifs is 4. The Morgan fingerprint density at radius 3 is 2.69 bits per heavy atom. The monoisotopic (exact) mass is 442 g/mol. The van der Waals surface area contributed by atoms with E-state index >= 15 is 0 Å². The summed E-state index contributed by atoms with van der Waals surface area (Å²) in [6, 6.07) is 4.14. The highest BCUT2D eigenvalue weighted by molar-refractivity contribution is 5.98. The highest BCUT2D eigenvalue weighted by Crippen LogP contribution is 2.47. The third kappa shape index (κ3) is 3.07. The Morgan fingerprint density at radius 1 is 1.28 bits per heavy atom. The van der Waals surface area contributed by atoms with Crippen LogP contribution in [0.5, 0.6) is 11.5 Å². The summed E-state index contributed by atoms with van der Waals surface area (Å²) in [5.74, 6) is 1.55. The summed E-state index contributed by atoms with van der Waals surface area (Å²) in [7, 11) is 3.26. The summed E-state index contributed by atoms with van der Waals surface area (Å²) >= 11 is 0. The van der Waals surface area contributed by atoms with Crippen LogP contribution in [0.25, 0.3) is 0 Å². The van der Waals surface area contributed by atoms with Crippen LogP contribution >= 0.6 is 0 Å². The van der Waals surface area contributed by atoms with Gasteiger partial charge in [-0.05, 0) is 55.6 Å². The van der Waals surface area contributed by atoms with Gasteiger partial charge in [0.1, 0.15) is 11.3 Å². The first-order valence-electron chi connectivity index (χ1n) is 11.3. The van der Waals surface area contributed by atoms with Crippen molar-refractivity contribution in [2.45, 2.75) is 56.7 Å². The molecule has 0 saturated carbocycles. The Kier molecular flexibility index (Phi) is 5.08. The predicted molar refractivity (Wildman–Crippen MR) is 115 cm³/mol. The number of hydrogen-bond donors (Lipinski definition) is 0. The van der Waals surface area contributed by atoms with E-state index < -0.39 is 17.6 Å². The smallest absolute Gasteiger partial charge is 0.333 e. The van der Waals surface area contributed by atoms with Gasteiger partial charge in [-0.3, -0.25) is 9.69 Å². The Balaban J connectivity index is 1.53. The van der Waals surface area contributed by atoms with Crippen molar-refractivity contribution in [3.63, 3.8) is 0 Å². The lowest BCUT2D eigenvalue weighted by Gasteiger charge is -2.45. The van der Waals surface area contributed by atoms with Gasteiger partial charge in [0, 0.05) is 25.6 Å². The molecule has 172 valence electrons. The van der Waals surface area contributed by atoms with Gasteiger partial charge in [0.05, 0.1) is 13.5 Å². The van der Waals surface area contributed by atoms with Gasteiger partial charge in [-0.2, -0.15) is 0 Å². The number of carbonyl (C=O) groups excluding carboxylic acids is 2. The van der Waals surface area contributed by atoms with E-state index in [1.54, 1.807) is 21.1 Å². The molecule has 0 bridgehead atoms. The maximum Gasteiger partial charge on any atom is 0.333 e. The molecule has 0 radical (unpaired) electrons. The molecular formula is C24H30N2O6. The van der Waals surface area contributed by atoms with Crippen LogP contribution in [0.1, 0.15) is 43.7 Å². The highest BCUT2D eigenvalue weighted by atomic mass is 16.7. The minimum Gasteiger partial charge on any atom is -0.497 e. The molecular weight excluding hydrogens is 412 g/mol. The van der Waals surface area contributed by atoms with E-state index in [-0.39, 0.29) is 31.1 Å². The largest absolute Gasteiger partial charge is 0.497 e. The third-order valence-electron chi connectivity index (χ3n) is 7.42. The van der Waals surface area contributed by atoms with E-state index in [4.69, 9.17) is 18.9 Å². The van der Waals surface area contributed by atoms with Gasteiger partial charge in [0.15, 0.2) is 17.6 Å². The zero-order valence-corrected chi connectivity index (χ0v) is 19.1. The standard InChI is InChI=1S/C24H30N2O6/c1-5-7-26-8-6-14-9-17-18(31-13-30-17)10-15(14)21-16(26)11-19(29-4)22(21)32-23(28)24(2)12-20(27)25(24)3/h9-11,16,21-22H,5-8,12-13H2,1-4H3/t16-,21-,22+,24+/m0/s1. The second kappa shape index (κ2) is 7.69. The lowest BCUT2D eigenvalue weighted by molar-refractivity contribution is -0.179. The molecule has 1 aliphatic carbocycles. The van der Waals surface area contributed by atoms with Gasteiger partial charge in [-0.15, -0.1) is 0 Å². The number of β-lactam (4-membered cyclic amide) rings is 1. The van der Waals surface area contributed by atoms with Gasteiger partial charge >= 0.3 is 5.97 Å². The maximum absolute atomic E-state index is 13.2. The van der Waals surface area contributed by atoms with E-state index in [1.807, 2.05) is 6.07 Å². The zero-order chi connectivity index (χ0) is 22.6. The summed E-state index contributed by atoms with van der Waals surface area (Å²) in [4.78, 5) is 28.9. The van der Waals surface area contributed by atoms with E-state index in [0.717, 1.165) is 43.0 Å². The molecule has 3 heterocycles. The van der Waals surface area contributed by atoms with Gasteiger partial charge in [0.25, 0.3) is 0 Å². The molecule has 4 atom stereocenters. The van der Waals surface area contributed by atoms with Crippen molar-refractivity contribution in [3.8, 4) is 11.5 Å². The van der Waals surface area contributed by atoms with Crippen LogP contribution in [0.4, 0.5) is 0 Å². The number of methoxy groups -OCH3 is 1. The fraction of sp³-hybridized carbons (Fsp3) is 0.583. The molecule has 0 spiro atoms. The minimum absolute atomic E-state index is 0.0397. The SMILES string of the molecule is CCCN1CCc2cc3c(cc2[C@@H]2[C@H](OC(=O)[C@@]4(C)CC(=O)N4C)C(OC)=C[C@@H]21)OCO3. The molecule has 1 amide bonds. The van der Waals surface area contributed by atoms with Crippen LogP contribution in [0.15, 0.2) is 24.0 Å². The average Bonchev–Trinajstić information content (AvgIpc) is 3.35. The number of likely N-dealkylation sites (N-methyl/N-ethyl adjacent to an activating group) is 1. The fourth-order valence-corrected chi connectivity index (χ4v) is 5.37. The molecule has 1 saturated heterocycles. The van der Waals surface area contributed by atoms with Crippen molar-refractivity contribution in [1.82, 2.24) is 9.80 Å². The molecule has 8 heteroatoms. The summed E-state index contributed by atoms with van der Waals surface area (Å²) in [5.41, 5.74) is 1.33. The zero-order valence-electron chi connectivity index (χ0n) is 19.1. The number of ether oxygens (including phenoxy) is 4. The second-order valence-corrected chi connectivity index (χ2v) is 9.21. The van der Waals surface area contributed by atoms with Crippen LogP contribution in [0, 0.1) is 0 Å². The van der Waals surface area contributed by atoms with E-state index in [0.29, 0.717) is 5.76 Å². The first-order valence-corrected chi connectivity index (χ1v) is 11.3. The van der Waals surface area contributed by atoms with Gasteiger partial charge in [-0.25, -0.2) is 4.79 Å². The number of amides is 1. The lowest BCUT2D eigenvalue weighted by Crippen LogP contribution is -2.65. The fourth-order valence-electron chi connectivity index (χ4n) is 5.37. The molecule has 1 aromatic carbocycles. The van der Waals surface area contributed by atoms with Crippen LogP contribution in [-0.2, 0) is 25.5 Å². The van der Waals surface area contributed by atoms with Crippen molar-refractivity contribution in [2.75, 3.05) is 34.0 Å². The third-order valence-corrected chi connectivity index (χ3v) is 7.42. The first-order chi connectivity index (χ1) is 15.4. The maximum atomic E-state index is 13.2. The lowest BCUT2D eigenvalue weighted by atomic mass is 9.85. The first kappa shape index (κ1) is 21.1. The van der Waals surface area contributed by atoms with Crippen molar-refractivity contribution in [1.29, 1.82) is 0 Å². The van der Waals surface area contributed by atoms with Gasteiger partial charge in [-0.1, -0.05) is 6.92 Å². The Bertz CT molecular complexity index is 991. The average molecular weight is 443 g/mol. The van der Waals surface area contributed by atoms with E-state index in [9.17, 15) is 9.59 Å². The molecule has 1 aromatic rings. The van der Waals surface area contributed by atoms with Crippen LogP contribution < -0.4 is 9.47 Å². The van der Waals surface area contributed by atoms with Crippen LogP contribution in [0.2, 0.25) is 0 Å². The number of carbonyl (C=O) groups is 2. The number of nitrogens with zero attached hydrogens (tertiary/aromatic N) is 2. The van der Waals surface area contributed by atoms with Crippen LogP contribution in [0.3, 0.4) is 0 Å². The molecule has 1 fully saturated rings. The number of likely N-dealkylation sites (tertiary alicyclic amines) is 1. The summed E-state index contributed by atoms with van der Waals surface area (Å²) in [6.07, 6.45) is 3.58. The predicted octanol–water partition coefficient (Wildman–Crippen LogP) is 2.21. The molecule has 8 nitrogen and oxygen atoms in total. The summed E-state index contributed by atoms with van der Waals surface area (Å²) < 4.78 is 23.2. The van der Waals surface area contributed by atoms with E-state index in [2.05, 4.69) is 24.0 Å². The number of hydrogen-bond acceptors (Lipinski definition) is 7. The number of esters is 1. The minimum atomic E-state index is -0.945. The number of rotatable bonds is 5. The summed E-state index contributed by atoms with van der Waals surface area (Å²) in [6.45, 7) is 5.96. The molecule has 4 aliphatic rings. The molecule has 0 unspecified atom stereocenters. The van der Waals surface area contributed by atoms with Gasteiger partial charge in [0.2, 0.25) is 12.7 Å². The van der Waals surface area contributed by atoms with E-state index in [1.165, 1.54) is 10.5 Å². The quantitative estimate of drug-likeness (QED) is 0.511. The molecule has 0 aromatic heterocycles. The Hall–Kier alpha value is -2.74. The molecule has 32 heavy (non-hydrogen) atoms. The summed E-state index contributed by atoms with van der Waals surface area (Å²) in [5, 5.41) is 0. The Morgan fingerprint density at radius 2 is 2.03 bits per heavy atom. The van der Waals surface area contributed by atoms with Gasteiger partial charge < -0.3 is 23.8 Å². The molecule has 0 N–H and O–H groups in total. The highest BCUT2D eigenvalue weighted by Gasteiger charge is 2.55. The van der Waals surface area contributed by atoms with Crippen molar-refractivity contribution in [2.24, 2.45) is 0 Å². The number of benzene rings is 1. The van der Waals surface area contributed by atoms with Crippen molar-refractivity contribution < 1.29 is 28.5 Å². The van der Waals surface area contributed by atoms with Crippen LogP contribution in [-0.4, -0.2) is 73.4 Å². The topological polar surface area (TPSA) is 77.5 Å². The molecule has 5 rings (SSSR count). The normalized spacial score (nSPS) is 30.8. The molecule has 3 aliphatic heterocycles. The van der Waals surface area contributed by atoms with Crippen molar-refractivity contribution in [3.05, 3.63) is 35.1 Å². The van der Waals surface area contributed by atoms with Crippen molar-refractivity contribution >= 4 is 11.9 Å². The second-order valence-electron chi connectivity index (χ2n) is 9.21. The Labute approximate surface area is 188 Å².